The Labute approximate surface area is 117 Å². The maximum absolute atomic E-state index is 13.6. The Bertz CT molecular complexity index is 610. The molecule has 0 radical (unpaired) electrons. The van der Waals surface area contributed by atoms with Crippen LogP contribution < -0.4 is 5.32 Å². The van der Waals surface area contributed by atoms with Crippen molar-refractivity contribution in [1.29, 1.82) is 0 Å². The molecular formula is C17H17F2N. The van der Waals surface area contributed by atoms with Crippen LogP contribution in [0.2, 0.25) is 0 Å². The number of halogens is 2. The fraction of sp³-hybridized carbons (Fsp3) is 0.294. The lowest BCUT2D eigenvalue weighted by atomic mass is 10.1. The lowest BCUT2D eigenvalue weighted by Crippen LogP contribution is -2.22. The van der Waals surface area contributed by atoms with E-state index in [1.807, 2.05) is 12.1 Å². The van der Waals surface area contributed by atoms with E-state index in [-0.39, 0.29) is 17.7 Å². The van der Waals surface area contributed by atoms with Crippen LogP contribution in [0.3, 0.4) is 0 Å². The molecule has 0 saturated heterocycles. The zero-order valence-corrected chi connectivity index (χ0v) is 11.2. The molecule has 1 atom stereocenters. The first-order valence-corrected chi connectivity index (χ1v) is 6.99. The first-order valence-electron chi connectivity index (χ1n) is 6.99. The summed E-state index contributed by atoms with van der Waals surface area (Å²) in [4.78, 5) is 0. The van der Waals surface area contributed by atoms with Crippen molar-refractivity contribution in [1.82, 2.24) is 5.32 Å². The second-order valence-electron chi connectivity index (χ2n) is 5.23. The molecule has 0 spiro atoms. The fourth-order valence-corrected chi connectivity index (χ4v) is 2.90. The van der Waals surface area contributed by atoms with Crippen molar-refractivity contribution < 1.29 is 8.78 Å². The SMILES string of the molecule is Fc1cccc(CCNC2CCc3c(F)cccc32)c1. The molecule has 1 aliphatic rings. The molecule has 1 unspecified atom stereocenters. The van der Waals surface area contributed by atoms with Crippen molar-refractivity contribution in [2.45, 2.75) is 25.3 Å². The minimum absolute atomic E-state index is 0.100. The summed E-state index contributed by atoms with van der Waals surface area (Å²) in [5, 5.41) is 3.44. The van der Waals surface area contributed by atoms with Crippen LogP contribution in [-0.4, -0.2) is 6.54 Å². The number of rotatable bonds is 4. The highest BCUT2D eigenvalue weighted by atomic mass is 19.1. The highest BCUT2D eigenvalue weighted by Gasteiger charge is 2.23. The normalized spacial score (nSPS) is 17.2. The summed E-state index contributed by atoms with van der Waals surface area (Å²) >= 11 is 0. The fourth-order valence-electron chi connectivity index (χ4n) is 2.90. The Morgan fingerprint density at radius 2 is 1.95 bits per heavy atom. The molecular weight excluding hydrogens is 256 g/mol. The quantitative estimate of drug-likeness (QED) is 0.893. The summed E-state index contributed by atoms with van der Waals surface area (Å²) < 4.78 is 26.7. The Hall–Kier alpha value is -1.74. The van der Waals surface area contributed by atoms with Gasteiger partial charge in [0.1, 0.15) is 11.6 Å². The van der Waals surface area contributed by atoms with Crippen LogP contribution in [0.1, 0.15) is 29.2 Å². The van der Waals surface area contributed by atoms with Gasteiger partial charge in [-0.15, -0.1) is 0 Å². The number of hydrogen-bond donors (Lipinski definition) is 1. The van der Waals surface area contributed by atoms with Crippen molar-refractivity contribution in [3.05, 3.63) is 70.8 Å². The van der Waals surface area contributed by atoms with E-state index in [4.69, 9.17) is 0 Å². The smallest absolute Gasteiger partial charge is 0.126 e. The van der Waals surface area contributed by atoms with Crippen molar-refractivity contribution in [3.63, 3.8) is 0 Å². The van der Waals surface area contributed by atoms with Crippen LogP contribution in [0.5, 0.6) is 0 Å². The predicted molar refractivity (Wildman–Crippen MR) is 75.6 cm³/mol. The van der Waals surface area contributed by atoms with Gasteiger partial charge in [-0.2, -0.15) is 0 Å². The van der Waals surface area contributed by atoms with Crippen LogP contribution in [0.15, 0.2) is 42.5 Å². The van der Waals surface area contributed by atoms with E-state index in [1.54, 1.807) is 18.2 Å². The molecule has 3 heteroatoms. The summed E-state index contributed by atoms with van der Waals surface area (Å²) in [6, 6.07) is 12.2. The Kier molecular flexibility index (Phi) is 3.79. The second kappa shape index (κ2) is 5.71. The molecule has 1 nitrogen and oxygen atoms in total. The van der Waals surface area contributed by atoms with Crippen molar-refractivity contribution in [3.8, 4) is 0 Å². The minimum Gasteiger partial charge on any atom is -0.310 e. The predicted octanol–water partition coefficient (Wildman–Crippen LogP) is 3.78. The summed E-state index contributed by atoms with van der Waals surface area (Å²) in [5.41, 5.74) is 2.90. The molecule has 1 N–H and O–H groups in total. The third-order valence-corrected chi connectivity index (χ3v) is 3.91. The Morgan fingerprint density at radius 1 is 1.10 bits per heavy atom. The van der Waals surface area contributed by atoms with E-state index >= 15 is 0 Å². The van der Waals surface area contributed by atoms with Gasteiger partial charge < -0.3 is 5.32 Å². The zero-order chi connectivity index (χ0) is 13.9. The molecule has 0 bridgehead atoms. The van der Waals surface area contributed by atoms with E-state index in [9.17, 15) is 8.78 Å². The monoisotopic (exact) mass is 273 g/mol. The standard InChI is InChI=1S/C17H17F2N/c18-13-4-1-3-12(11-13)9-10-20-17-8-7-14-15(17)5-2-6-16(14)19/h1-6,11,17,20H,7-10H2. The van der Waals surface area contributed by atoms with E-state index in [0.717, 1.165) is 42.5 Å². The number of fused-ring (bicyclic) bond motifs is 1. The van der Waals surface area contributed by atoms with Gasteiger partial charge in [-0.25, -0.2) is 8.78 Å². The number of benzene rings is 2. The molecule has 0 heterocycles. The van der Waals surface area contributed by atoms with Gasteiger partial charge in [-0.05, 0) is 60.7 Å². The molecule has 0 fully saturated rings. The topological polar surface area (TPSA) is 12.0 Å². The molecule has 0 amide bonds. The average Bonchev–Trinajstić information content (AvgIpc) is 2.84. The first-order chi connectivity index (χ1) is 9.74. The van der Waals surface area contributed by atoms with Gasteiger partial charge in [0.2, 0.25) is 0 Å². The molecule has 3 rings (SSSR count). The first kappa shape index (κ1) is 13.3. The largest absolute Gasteiger partial charge is 0.310 e. The lowest BCUT2D eigenvalue weighted by molar-refractivity contribution is 0.532. The van der Waals surface area contributed by atoms with Crippen molar-refractivity contribution in [2.75, 3.05) is 6.54 Å². The molecule has 1 aliphatic carbocycles. The van der Waals surface area contributed by atoms with E-state index < -0.39 is 0 Å². The molecule has 2 aromatic carbocycles. The summed E-state index contributed by atoms with van der Waals surface area (Å²) in [6.45, 7) is 0.768. The maximum atomic E-state index is 13.6. The zero-order valence-electron chi connectivity index (χ0n) is 11.2. The van der Waals surface area contributed by atoms with Gasteiger partial charge in [0.05, 0.1) is 0 Å². The van der Waals surface area contributed by atoms with Gasteiger partial charge in [0, 0.05) is 6.04 Å². The molecule has 0 aromatic heterocycles. The third-order valence-electron chi connectivity index (χ3n) is 3.91. The third kappa shape index (κ3) is 2.73. The number of hydrogen-bond acceptors (Lipinski definition) is 1. The molecule has 0 aliphatic heterocycles. The van der Waals surface area contributed by atoms with E-state index in [1.165, 1.54) is 12.1 Å². The Morgan fingerprint density at radius 3 is 2.80 bits per heavy atom. The van der Waals surface area contributed by atoms with Gasteiger partial charge in [0.15, 0.2) is 0 Å². The molecule has 2 aromatic rings. The van der Waals surface area contributed by atoms with Gasteiger partial charge in [-0.3, -0.25) is 0 Å². The molecule has 0 saturated carbocycles. The second-order valence-corrected chi connectivity index (χ2v) is 5.23. The van der Waals surface area contributed by atoms with Crippen molar-refractivity contribution in [2.24, 2.45) is 0 Å². The van der Waals surface area contributed by atoms with Gasteiger partial charge in [0.25, 0.3) is 0 Å². The van der Waals surface area contributed by atoms with E-state index in [0.29, 0.717) is 0 Å². The van der Waals surface area contributed by atoms with Crippen LogP contribution in [0.4, 0.5) is 8.78 Å². The van der Waals surface area contributed by atoms with E-state index in [2.05, 4.69) is 5.32 Å². The highest BCUT2D eigenvalue weighted by molar-refractivity contribution is 5.35. The highest BCUT2D eigenvalue weighted by Crippen LogP contribution is 2.32. The lowest BCUT2D eigenvalue weighted by Gasteiger charge is -2.14. The number of nitrogens with one attached hydrogen (secondary N) is 1. The average molecular weight is 273 g/mol. The summed E-state index contributed by atoms with van der Waals surface area (Å²) in [6.07, 6.45) is 2.50. The van der Waals surface area contributed by atoms with Crippen molar-refractivity contribution >= 4 is 0 Å². The molecule has 20 heavy (non-hydrogen) atoms. The minimum atomic E-state index is -0.198. The van der Waals surface area contributed by atoms with Crippen LogP contribution in [-0.2, 0) is 12.8 Å². The van der Waals surface area contributed by atoms with Gasteiger partial charge in [-0.1, -0.05) is 24.3 Å². The maximum Gasteiger partial charge on any atom is 0.126 e. The van der Waals surface area contributed by atoms with Crippen LogP contribution in [0, 0.1) is 11.6 Å². The van der Waals surface area contributed by atoms with Crippen LogP contribution in [0.25, 0.3) is 0 Å². The summed E-state index contributed by atoms with van der Waals surface area (Å²) in [5.74, 6) is -0.298. The molecule has 104 valence electrons. The summed E-state index contributed by atoms with van der Waals surface area (Å²) in [7, 11) is 0. The van der Waals surface area contributed by atoms with Crippen LogP contribution >= 0.6 is 0 Å². The Balaban J connectivity index is 1.60. The van der Waals surface area contributed by atoms with Gasteiger partial charge >= 0.3 is 0 Å².